The van der Waals surface area contributed by atoms with Gasteiger partial charge in [-0.15, -0.1) is 0 Å². The molecular weight excluding hydrogens is 210 g/mol. The van der Waals surface area contributed by atoms with Gasteiger partial charge in [-0.05, 0) is 32.9 Å². The zero-order chi connectivity index (χ0) is 12.9. The van der Waals surface area contributed by atoms with Crippen molar-refractivity contribution in [2.75, 3.05) is 14.1 Å². The molecule has 0 bridgehead atoms. The Bertz CT molecular complexity index is 203. The Morgan fingerprint density at radius 2 is 1.47 bits per heavy atom. The fourth-order valence-corrected chi connectivity index (χ4v) is 3.52. The molecule has 1 N–H and O–H groups in total. The monoisotopic (exact) mass is 241 g/mol. The summed E-state index contributed by atoms with van der Waals surface area (Å²) in [5.74, 6) is 0.454. The van der Waals surface area contributed by atoms with Gasteiger partial charge in [0.1, 0.15) is 0 Å². The Balaban J connectivity index is 2.88. The lowest BCUT2D eigenvalue weighted by Gasteiger charge is -2.46. The van der Waals surface area contributed by atoms with E-state index in [0.717, 1.165) is 25.7 Å². The van der Waals surface area contributed by atoms with E-state index < -0.39 is 0 Å². The van der Waals surface area contributed by atoms with Gasteiger partial charge in [-0.3, -0.25) is 0 Å². The van der Waals surface area contributed by atoms with Crippen LogP contribution in [0.25, 0.3) is 0 Å². The SMILES string of the molecule is CCC(CC)C(O)C1(N(C)C)CCCCCC1. The molecule has 0 heterocycles. The molecule has 0 spiro atoms. The minimum atomic E-state index is -0.161. The van der Waals surface area contributed by atoms with Crippen molar-refractivity contribution in [3.63, 3.8) is 0 Å². The van der Waals surface area contributed by atoms with Crippen molar-refractivity contribution in [1.82, 2.24) is 4.90 Å². The molecule has 1 aliphatic rings. The van der Waals surface area contributed by atoms with E-state index >= 15 is 0 Å². The normalized spacial score (nSPS) is 22.8. The maximum Gasteiger partial charge on any atom is 0.0751 e. The molecule has 0 amide bonds. The first-order chi connectivity index (χ1) is 8.08. The molecular formula is C15H31NO. The first-order valence-corrected chi connectivity index (χ1v) is 7.44. The molecule has 1 rings (SSSR count). The second kappa shape index (κ2) is 6.75. The van der Waals surface area contributed by atoms with Gasteiger partial charge in [0.05, 0.1) is 6.10 Å². The van der Waals surface area contributed by atoms with Crippen LogP contribution in [0.2, 0.25) is 0 Å². The van der Waals surface area contributed by atoms with E-state index in [1.807, 2.05) is 0 Å². The first-order valence-electron chi connectivity index (χ1n) is 7.44. The van der Waals surface area contributed by atoms with Gasteiger partial charge in [-0.2, -0.15) is 0 Å². The third-order valence-electron chi connectivity index (χ3n) is 4.91. The summed E-state index contributed by atoms with van der Waals surface area (Å²) in [6.07, 6.45) is 9.57. The van der Waals surface area contributed by atoms with Crippen LogP contribution in [0.5, 0.6) is 0 Å². The van der Waals surface area contributed by atoms with Crippen molar-refractivity contribution in [3.05, 3.63) is 0 Å². The molecule has 0 aromatic rings. The summed E-state index contributed by atoms with van der Waals surface area (Å²) in [7, 11) is 4.30. The topological polar surface area (TPSA) is 23.5 Å². The predicted octanol–water partition coefficient (Wildman–Crippen LogP) is 3.44. The summed E-state index contributed by atoms with van der Waals surface area (Å²) in [5.41, 5.74) is 0.0349. The summed E-state index contributed by atoms with van der Waals surface area (Å²) in [4.78, 5) is 2.31. The second-order valence-electron chi connectivity index (χ2n) is 5.93. The lowest BCUT2D eigenvalue weighted by atomic mass is 9.76. The van der Waals surface area contributed by atoms with Crippen LogP contribution in [0.15, 0.2) is 0 Å². The smallest absolute Gasteiger partial charge is 0.0751 e. The van der Waals surface area contributed by atoms with Gasteiger partial charge in [0.2, 0.25) is 0 Å². The Morgan fingerprint density at radius 3 is 1.82 bits per heavy atom. The fourth-order valence-electron chi connectivity index (χ4n) is 3.52. The molecule has 0 aromatic heterocycles. The van der Waals surface area contributed by atoms with Gasteiger partial charge in [-0.25, -0.2) is 0 Å². The van der Waals surface area contributed by atoms with Crippen LogP contribution in [0.1, 0.15) is 65.2 Å². The van der Waals surface area contributed by atoms with Crippen LogP contribution in [0.4, 0.5) is 0 Å². The molecule has 17 heavy (non-hydrogen) atoms. The van der Waals surface area contributed by atoms with Crippen molar-refractivity contribution in [2.45, 2.75) is 76.9 Å². The van der Waals surface area contributed by atoms with E-state index in [-0.39, 0.29) is 11.6 Å². The number of nitrogens with zero attached hydrogens (tertiary/aromatic N) is 1. The van der Waals surface area contributed by atoms with Gasteiger partial charge in [0.25, 0.3) is 0 Å². The quantitative estimate of drug-likeness (QED) is 0.745. The van der Waals surface area contributed by atoms with Gasteiger partial charge in [0.15, 0.2) is 0 Å². The molecule has 1 atom stereocenters. The highest BCUT2D eigenvalue weighted by Gasteiger charge is 2.42. The van der Waals surface area contributed by atoms with E-state index in [1.165, 1.54) is 25.7 Å². The van der Waals surface area contributed by atoms with Crippen LogP contribution < -0.4 is 0 Å². The maximum atomic E-state index is 10.8. The largest absolute Gasteiger partial charge is 0.391 e. The second-order valence-corrected chi connectivity index (χ2v) is 5.93. The van der Waals surface area contributed by atoms with Gasteiger partial charge >= 0.3 is 0 Å². The van der Waals surface area contributed by atoms with Crippen LogP contribution >= 0.6 is 0 Å². The average molecular weight is 241 g/mol. The molecule has 1 aliphatic carbocycles. The van der Waals surface area contributed by atoms with Gasteiger partial charge < -0.3 is 10.0 Å². The molecule has 2 nitrogen and oxygen atoms in total. The molecule has 1 unspecified atom stereocenters. The summed E-state index contributed by atoms with van der Waals surface area (Å²) in [5, 5.41) is 10.8. The molecule has 1 saturated carbocycles. The van der Waals surface area contributed by atoms with Gasteiger partial charge in [0, 0.05) is 5.54 Å². The summed E-state index contributed by atoms with van der Waals surface area (Å²) >= 11 is 0. The van der Waals surface area contributed by atoms with Gasteiger partial charge in [-0.1, -0.05) is 52.4 Å². The number of hydrogen-bond donors (Lipinski definition) is 1. The molecule has 1 fully saturated rings. The van der Waals surface area contributed by atoms with Crippen molar-refractivity contribution < 1.29 is 5.11 Å². The average Bonchev–Trinajstić information content (AvgIpc) is 2.56. The van der Waals surface area contributed by atoms with Crippen molar-refractivity contribution in [1.29, 1.82) is 0 Å². The first kappa shape index (κ1) is 15.0. The lowest BCUT2D eigenvalue weighted by molar-refractivity contribution is -0.0529. The molecule has 0 aromatic carbocycles. The molecule has 102 valence electrons. The number of rotatable bonds is 5. The van der Waals surface area contributed by atoms with Crippen LogP contribution in [-0.4, -0.2) is 35.7 Å². The zero-order valence-corrected chi connectivity index (χ0v) is 12.2. The Hall–Kier alpha value is -0.0800. The predicted molar refractivity (Wildman–Crippen MR) is 74.2 cm³/mol. The van der Waals surface area contributed by atoms with E-state index in [1.54, 1.807) is 0 Å². The Morgan fingerprint density at radius 1 is 1.00 bits per heavy atom. The van der Waals surface area contributed by atoms with E-state index in [4.69, 9.17) is 0 Å². The number of aliphatic hydroxyl groups is 1. The van der Waals surface area contributed by atoms with E-state index in [9.17, 15) is 5.11 Å². The Labute approximate surface area is 107 Å². The highest BCUT2D eigenvalue weighted by molar-refractivity contribution is 4.98. The van der Waals surface area contributed by atoms with Crippen molar-refractivity contribution in [2.24, 2.45) is 5.92 Å². The summed E-state index contributed by atoms with van der Waals surface area (Å²) in [6.45, 7) is 4.41. The van der Waals surface area contributed by atoms with Crippen LogP contribution in [-0.2, 0) is 0 Å². The molecule has 0 aliphatic heterocycles. The van der Waals surface area contributed by atoms with Crippen molar-refractivity contribution in [3.8, 4) is 0 Å². The third kappa shape index (κ3) is 3.23. The summed E-state index contributed by atoms with van der Waals surface area (Å²) in [6, 6.07) is 0. The molecule has 0 radical (unpaired) electrons. The maximum absolute atomic E-state index is 10.8. The van der Waals surface area contributed by atoms with Crippen LogP contribution in [0, 0.1) is 5.92 Å². The number of likely N-dealkylation sites (N-methyl/N-ethyl adjacent to an activating group) is 1. The minimum Gasteiger partial charge on any atom is -0.391 e. The van der Waals surface area contributed by atoms with E-state index in [0.29, 0.717) is 5.92 Å². The standard InChI is InChI=1S/C15H31NO/c1-5-13(6-2)14(17)15(16(3)4)11-9-7-8-10-12-15/h13-14,17H,5-12H2,1-4H3. The highest BCUT2D eigenvalue weighted by atomic mass is 16.3. The lowest BCUT2D eigenvalue weighted by Crippen LogP contribution is -2.55. The number of hydrogen-bond acceptors (Lipinski definition) is 2. The third-order valence-corrected chi connectivity index (χ3v) is 4.91. The number of aliphatic hydroxyl groups excluding tert-OH is 1. The zero-order valence-electron chi connectivity index (χ0n) is 12.2. The Kier molecular flexibility index (Phi) is 5.94. The van der Waals surface area contributed by atoms with Crippen LogP contribution in [0.3, 0.4) is 0 Å². The highest BCUT2D eigenvalue weighted by Crippen LogP contribution is 2.38. The molecule has 2 heteroatoms. The molecule has 0 saturated heterocycles. The van der Waals surface area contributed by atoms with Crippen molar-refractivity contribution >= 4 is 0 Å². The summed E-state index contributed by atoms with van der Waals surface area (Å²) < 4.78 is 0. The van der Waals surface area contributed by atoms with E-state index in [2.05, 4.69) is 32.8 Å². The fraction of sp³-hybridized carbons (Fsp3) is 1.00. The minimum absolute atomic E-state index is 0.0349.